The van der Waals surface area contributed by atoms with Crippen LogP contribution in [-0.2, 0) is 37.1 Å². The Labute approximate surface area is 233 Å². The minimum atomic E-state index is -4.19. The van der Waals surface area contributed by atoms with Crippen molar-refractivity contribution in [2.75, 3.05) is 26.9 Å². The van der Waals surface area contributed by atoms with E-state index in [0.717, 1.165) is 32.9 Å². The summed E-state index contributed by atoms with van der Waals surface area (Å²) in [6.07, 6.45) is 2.75. The highest BCUT2D eigenvalue weighted by atomic mass is 32.2. The van der Waals surface area contributed by atoms with E-state index in [0.29, 0.717) is 29.8 Å². The van der Waals surface area contributed by atoms with Crippen molar-refractivity contribution in [1.82, 2.24) is 19.3 Å². The lowest BCUT2D eigenvalue weighted by molar-refractivity contribution is -0.143. The van der Waals surface area contributed by atoms with Gasteiger partial charge in [-0.1, -0.05) is 23.4 Å². The first-order valence-corrected chi connectivity index (χ1v) is 14.4. The molecule has 0 bridgehead atoms. The zero-order valence-corrected chi connectivity index (χ0v) is 23.6. The third-order valence-corrected chi connectivity index (χ3v) is 8.13. The summed E-state index contributed by atoms with van der Waals surface area (Å²) in [4.78, 5) is 12.7. The van der Waals surface area contributed by atoms with E-state index < -0.39 is 22.2 Å². The molecular formula is C27H34N4O8S. The Kier molecular flexibility index (Phi) is 9.28. The predicted molar refractivity (Wildman–Crippen MR) is 146 cm³/mol. The summed E-state index contributed by atoms with van der Waals surface area (Å²) in [5.74, 6) is -0.997. The van der Waals surface area contributed by atoms with Crippen LogP contribution in [-0.4, -0.2) is 70.8 Å². The largest absolute Gasteiger partial charge is 0.496 e. The van der Waals surface area contributed by atoms with E-state index in [1.807, 2.05) is 31.2 Å². The number of carbonyl (C=O) groups excluding carboxylic acids is 1. The lowest BCUT2D eigenvalue weighted by Gasteiger charge is -2.25. The van der Waals surface area contributed by atoms with Gasteiger partial charge in [-0.2, -0.15) is 12.7 Å². The third kappa shape index (κ3) is 6.37. The molecule has 2 N–H and O–H groups in total. The molecule has 3 aromatic rings. The number of aryl methyl sites for hydroxylation is 2. The van der Waals surface area contributed by atoms with Crippen LogP contribution in [0, 0.1) is 6.92 Å². The number of aliphatic hydroxyl groups is 2. The van der Waals surface area contributed by atoms with E-state index >= 15 is 0 Å². The van der Waals surface area contributed by atoms with Gasteiger partial charge in [-0.05, 0) is 55.5 Å². The number of carbonyl (C=O) groups is 1. The number of nitrogens with zero attached hydrogens (tertiary/aromatic N) is 4. The second-order valence-corrected chi connectivity index (χ2v) is 10.9. The van der Waals surface area contributed by atoms with Crippen molar-refractivity contribution < 1.29 is 37.1 Å². The highest BCUT2D eigenvalue weighted by molar-refractivity contribution is 7.84. The number of aliphatic hydroxyl groups excluding tert-OH is 2. The number of fused-ring (bicyclic) bond motifs is 1. The molecule has 13 heteroatoms. The van der Waals surface area contributed by atoms with Crippen LogP contribution in [0.5, 0.6) is 5.75 Å². The van der Waals surface area contributed by atoms with Gasteiger partial charge in [0, 0.05) is 43.8 Å². The molecule has 1 aromatic heterocycles. The van der Waals surface area contributed by atoms with Crippen molar-refractivity contribution >= 4 is 27.3 Å². The number of hydrogen-bond acceptors (Lipinski definition) is 10. The summed E-state index contributed by atoms with van der Waals surface area (Å²) in [7, 11) is -2.70. The number of rotatable bonds is 12. The SMILES string of the molecule is CCOC(=O)CC(c1ccc(OC)c(CN2CC=C(O)OS2(=O)=O)c1)c1ccc2c(nnn2CCCCO)c1C. The molecule has 4 rings (SSSR count). The normalized spacial score (nSPS) is 15.8. The molecule has 0 radical (unpaired) electrons. The summed E-state index contributed by atoms with van der Waals surface area (Å²) in [6, 6.07) is 9.27. The van der Waals surface area contributed by atoms with Crippen molar-refractivity contribution in [2.45, 2.75) is 52.1 Å². The maximum absolute atomic E-state index is 12.7. The summed E-state index contributed by atoms with van der Waals surface area (Å²) in [6.45, 7) is 4.52. The summed E-state index contributed by atoms with van der Waals surface area (Å²) in [5.41, 5.74) is 4.62. The molecule has 0 fully saturated rings. The van der Waals surface area contributed by atoms with Gasteiger partial charge in [-0.3, -0.25) is 4.79 Å². The number of ether oxygens (including phenoxy) is 2. The van der Waals surface area contributed by atoms with Crippen molar-refractivity contribution in [3.05, 3.63) is 64.6 Å². The highest BCUT2D eigenvalue weighted by Crippen LogP contribution is 2.36. The minimum Gasteiger partial charge on any atom is -0.496 e. The second-order valence-electron chi connectivity index (χ2n) is 9.40. The smallest absolute Gasteiger partial charge is 0.388 e. The molecule has 2 heterocycles. The molecule has 2 aromatic carbocycles. The van der Waals surface area contributed by atoms with Gasteiger partial charge in [0.2, 0.25) is 0 Å². The molecule has 1 aliphatic heterocycles. The first-order chi connectivity index (χ1) is 19.2. The van der Waals surface area contributed by atoms with Gasteiger partial charge in [-0.15, -0.1) is 5.10 Å². The topological polar surface area (TPSA) is 153 Å². The first-order valence-electron chi connectivity index (χ1n) is 13.0. The lowest BCUT2D eigenvalue weighted by atomic mass is 9.84. The fraction of sp³-hybridized carbons (Fsp3) is 0.444. The average Bonchev–Trinajstić information content (AvgIpc) is 3.33. The summed E-state index contributed by atoms with van der Waals surface area (Å²) in [5, 5.41) is 27.3. The monoisotopic (exact) mass is 574 g/mol. The van der Waals surface area contributed by atoms with Crippen LogP contribution >= 0.6 is 0 Å². The highest BCUT2D eigenvalue weighted by Gasteiger charge is 2.30. The molecule has 40 heavy (non-hydrogen) atoms. The van der Waals surface area contributed by atoms with Crippen LogP contribution in [0.4, 0.5) is 0 Å². The predicted octanol–water partition coefficient (Wildman–Crippen LogP) is 3.08. The standard InChI is InChI=1S/C27H34N4O8S/c1-4-38-26(34)16-22(21-8-9-23-27(18(21)2)28-29-31(23)12-5-6-14-32)19-7-10-24(37-3)20(15-19)17-30-13-11-25(33)39-40(30,35)36/h7-11,15,22,32-33H,4-6,12-14,16-17H2,1-3H3. The molecule has 0 spiro atoms. The van der Waals surface area contributed by atoms with Crippen molar-refractivity contribution in [1.29, 1.82) is 0 Å². The Morgan fingerprint density at radius 2 is 2.02 bits per heavy atom. The fourth-order valence-electron chi connectivity index (χ4n) is 4.83. The Morgan fingerprint density at radius 3 is 2.73 bits per heavy atom. The summed E-state index contributed by atoms with van der Waals surface area (Å²) >= 11 is 0. The van der Waals surface area contributed by atoms with Crippen molar-refractivity contribution in [2.24, 2.45) is 0 Å². The average molecular weight is 575 g/mol. The molecule has 0 amide bonds. The summed E-state index contributed by atoms with van der Waals surface area (Å²) < 4.78 is 43.3. The van der Waals surface area contributed by atoms with Crippen LogP contribution in [0.2, 0.25) is 0 Å². The third-order valence-electron chi connectivity index (χ3n) is 6.84. The van der Waals surface area contributed by atoms with Gasteiger partial charge in [0.25, 0.3) is 5.95 Å². The Morgan fingerprint density at radius 1 is 1.23 bits per heavy atom. The van der Waals surface area contributed by atoms with Crippen LogP contribution in [0.3, 0.4) is 0 Å². The molecular weight excluding hydrogens is 540 g/mol. The van der Waals surface area contributed by atoms with E-state index in [-0.39, 0.29) is 38.7 Å². The molecule has 0 aliphatic carbocycles. The number of aromatic nitrogens is 3. The van der Waals surface area contributed by atoms with E-state index in [2.05, 4.69) is 14.5 Å². The second kappa shape index (κ2) is 12.7. The zero-order chi connectivity index (χ0) is 28.9. The molecule has 216 valence electrons. The molecule has 0 saturated heterocycles. The van der Waals surface area contributed by atoms with E-state index in [1.54, 1.807) is 17.7 Å². The molecule has 1 atom stereocenters. The number of unbranched alkanes of at least 4 members (excludes halogenated alkanes) is 1. The first kappa shape index (κ1) is 29.3. The quantitative estimate of drug-likeness (QED) is 0.244. The van der Waals surface area contributed by atoms with Crippen molar-refractivity contribution in [3.8, 4) is 5.75 Å². The Balaban J connectivity index is 1.74. The lowest BCUT2D eigenvalue weighted by Crippen LogP contribution is -2.35. The van der Waals surface area contributed by atoms with Gasteiger partial charge < -0.3 is 23.9 Å². The van der Waals surface area contributed by atoms with Gasteiger partial charge in [-0.25, -0.2) is 4.68 Å². The van der Waals surface area contributed by atoms with Crippen LogP contribution in [0.15, 0.2) is 42.4 Å². The number of methoxy groups -OCH3 is 1. The van der Waals surface area contributed by atoms with E-state index in [9.17, 15) is 18.3 Å². The Hall–Kier alpha value is -3.68. The van der Waals surface area contributed by atoms with E-state index in [4.69, 9.17) is 14.6 Å². The van der Waals surface area contributed by atoms with Crippen molar-refractivity contribution in [3.63, 3.8) is 0 Å². The zero-order valence-electron chi connectivity index (χ0n) is 22.7. The number of benzene rings is 2. The number of hydrogen-bond donors (Lipinski definition) is 2. The maximum Gasteiger partial charge on any atom is 0.388 e. The van der Waals surface area contributed by atoms with Gasteiger partial charge in [0.15, 0.2) is 0 Å². The molecule has 12 nitrogen and oxygen atoms in total. The Bertz CT molecular complexity index is 1500. The number of esters is 1. The van der Waals surface area contributed by atoms with Gasteiger partial charge in [0.05, 0.1) is 25.7 Å². The molecule has 1 unspecified atom stereocenters. The fourth-order valence-corrected chi connectivity index (χ4v) is 5.77. The maximum atomic E-state index is 12.7. The van der Waals surface area contributed by atoms with E-state index in [1.165, 1.54) is 13.2 Å². The van der Waals surface area contributed by atoms with Crippen LogP contribution in [0.1, 0.15) is 54.4 Å². The minimum absolute atomic E-state index is 0.0539. The van der Waals surface area contributed by atoms with Gasteiger partial charge in [0.1, 0.15) is 11.3 Å². The molecule has 1 aliphatic rings. The van der Waals surface area contributed by atoms with Crippen LogP contribution < -0.4 is 4.74 Å². The van der Waals surface area contributed by atoms with Crippen LogP contribution in [0.25, 0.3) is 11.0 Å². The molecule has 0 saturated carbocycles. The van der Waals surface area contributed by atoms with Gasteiger partial charge >= 0.3 is 16.3 Å².